The van der Waals surface area contributed by atoms with Crippen molar-refractivity contribution in [3.8, 4) is 17.2 Å². The zero-order valence-corrected chi connectivity index (χ0v) is 11.4. The van der Waals surface area contributed by atoms with Crippen LogP contribution in [0.1, 0.15) is 21.5 Å². The first-order chi connectivity index (χ1) is 10.6. The van der Waals surface area contributed by atoms with E-state index in [1.165, 1.54) is 12.1 Å². The minimum absolute atomic E-state index is 0.00544. The fourth-order valence-corrected chi connectivity index (χ4v) is 2.42. The molecule has 0 aliphatic rings. The minimum Gasteiger partial charge on any atom is -0.478 e. The second kappa shape index (κ2) is 5.31. The monoisotopic (exact) mass is 293 g/mol. The second-order valence-electron chi connectivity index (χ2n) is 4.76. The molecule has 6 nitrogen and oxygen atoms in total. The van der Waals surface area contributed by atoms with Crippen molar-refractivity contribution in [2.75, 3.05) is 0 Å². The van der Waals surface area contributed by atoms with E-state index in [9.17, 15) is 20.3 Å². The number of fused-ring (bicyclic) bond motifs is 1. The minimum atomic E-state index is -1.12. The van der Waals surface area contributed by atoms with E-state index in [0.29, 0.717) is 16.7 Å². The number of H-pyrrole nitrogens is 1. The van der Waals surface area contributed by atoms with Crippen molar-refractivity contribution in [3.63, 3.8) is 0 Å². The van der Waals surface area contributed by atoms with Crippen molar-refractivity contribution in [2.24, 2.45) is 0 Å². The van der Waals surface area contributed by atoms with Crippen LogP contribution in [0.25, 0.3) is 22.2 Å². The van der Waals surface area contributed by atoms with Crippen molar-refractivity contribution >= 4 is 17.0 Å². The highest BCUT2D eigenvalue weighted by Crippen LogP contribution is 2.30. The van der Waals surface area contributed by atoms with Gasteiger partial charge in [-0.05, 0) is 35.4 Å². The molecule has 0 atom stereocenters. The van der Waals surface area contributed by atoms with E-state index in [1.807, 2.05) is 12.1 Å². The Balaban J connectivity index is 2.29. The van der Waals surface area contributed by atoms with Crippen molar-refractivity contribution in [1.29, 1.82) is 5.26 Å². The highest BCUT2D eigenvalue weighted by molar-refractivity contribution is 5.92. The maximum atomic E-state index is 11.2. The van der Waals surface area contributed by atoms with Gasteiger partial charge in [-0.25, -0.2) is 9.78 Å². The third-order valence-corrected chi connectivity index (χ3v) is 3.51. The fraction of sp³-hybridized carbons (Fsp3) is 0.0625. The van der Waals surface area contributed by atoms with Crippen molar-refractivity contribution in [2.45, 2.75) is 6.61 Å². The van der Waals surface area contributed by atoms with Crippen LogP contribution in [0, 0.1) is 11.3 Å². The summed E-state index contributed by atoms with van der Waals surface area (Å²) in [7, 11) is 0. The Labute approximate surface area is 125 Å². The van der Waals surface area contributed by atoms with Crippen LogP contribution in [0.5, 0.6) is 0 Å². The molecule has 0 aliphatic heterocycles. The van der Waals surface area contributed by atoms with Crippen LogP contribution >= 0.6 is 0 Å². The summed E-state index contributed by atoms with van der Waals surface area (Å²) >= 11 is 0. The molecule has 0 spiro atoms. The number of benzene rings is 2. The second-order valence-corrected chi connectivity index (χ2v) is 4.76. The van der Waals surface area contributed by atoms with E-state index in [0.717, 1.165) is 11.0 Å². The molecule has 1 aromatic heterocycles. The van der Waals surface area contributed by atoms with Gasteiger partial charge in [0.05, 0.1) is 41.2 Å². The predicted octanol–water partition coefficient (Wildman–Crippen LogP) is 2.29. The number of rotatable bonds is 3. The Morgan fingerprint density at radius 1 is 1.32 bits per heavy atom. The SMILES string of the molecule is N#Cc1cc(C(=O)O)cc(-c2ccc3[nH]cnc3c2)c1CO. The van der Waals surface area contributed by atoms with Crippen LogP contribution in [-0.4, -0.2) is 26.2 Å². The quantitative estimate of drug-likeness (QED) is 0.686. The van der Waals surface area contributed by atoms with Crippen molar-refractivity contribution in [1.82, 2.24) is 9.97 Å². The van der Waals surface area contributed by atoms with E-state index < -0.39 is 5.97 Å². The van der Waals surface area contributed by atoms with Gasteiger partial charge in [0.15, 0.2) is 0 Å². The molecule has 6 heteroatoms. The van der Waals surface area contributed by atoms with Gasteiger partial charge in [0.25, 0.3) is 0 Å². The Bertz CT molecular complexity index is 922. The van der Waals surface area contributed by atoms with E-state index >= 15 is 0 Å². The molecule has 0 bridgehead atoms. The number of carbonyl (C=O) groups is 1. The summed E-state index contributed by atoms with van der Waals surface area (Å²) in [5.74, 6) is -1.12. The molecule has 0 saturated carbocycles. The molecule has 0 aliphatic carbocycles. The zero-order valence-electron chi connectivity index (χ0n) is 11.4. The van der Waals surface area contributed by atoms with Crippen LogP contribution in [0.15, 0.2) is 36.7 Å². The molecule has 2 aromatic carbocycles. The van der Waals surface area contributed by atoms with Crippen LogP contribution in [0.2, 0.25) is 0 Å². The van der Waals surface area contributed by atoms with E-state index in [-0.39, 0.29) is 17.7 Å². The number of nitriles is 1. The zero-order chi connectivity index (χ0) is 15.7. The molecule has 0 amide bonds. The molecule has 0 radical (unpaired) electrons. The third-order valence-electron chi connectivity index (χ3n) is 3.51. The van der Waals surface area contributed by atoms with Gasteiger partial charge < -0.3 is 15.2 Å². The summed E-state index contributed by atoms with van der Waals surface area (Å²) in [6.45, 7) is -0.350. The first kappa shape index (κ1) is 13.8. The molecule has 0 saturated heterocycles. The number of hydrogen-bond acceptors (Lipinski definition) is 4. The predicted molar refractivity (Wildman–Crippen MR) is 79.1 cm³/mol. The lowest BCUT2D eigenvalue weighted by Crippen LogP contribution is -2.02. The molecule has 22 heavy (non-hydrogen) atoms. The molecule has 3 rings (SSSR count). The molecule has 0 unspecified atom stereocenters. The highest BCUT2D eigenvalue weighted by Gasteiger charge is 2.15. The number of aliphatic hydroxyl groups is 1. The Morgan fingerprint density at radius 3 is 2.82 bits per heavy atom. The number of aromatic carboxylic acids is 1. The van der Waals surface area contributed by atoms with Crippen LogP contribution in [-0.2, 0) is 6.61 Å². The van der Waals surface area contributed by atoms with Crippen molar-refractivity contribution in [3.05, 3.63) is 53.3 Å². The number of aromatic amines is 1. The Kier molecular flexibility index (Phi) is 3.33. The topological polar surface area (TPSA) is 110 Å². The average molecular weight is 293 g/mol. The summed E-state index contributed by atoms with van der Waals surface area (Å²) in [4.78, 5) is 18.4. The lowest BCUT2D eigenvalue weighted by Gasteiger charge is -2.11. The summed E-state index contributed by atoms with van der Waals surface area (Å²) < 4.78 is 0. The maximum Gasteiger partial charge on any atom is 0.335 e. The molecule has 0 fully saturated rings. The number of aromatic nitrogens is 2. The first-order valence-corrected chi connectivity index (χ1v) is 6.48. The molecule has 1 heterocycles. The smallest absolute Gasteiger partial charge is 0.335 e. The number of nitrogens with one attached hydrogen (secondary N) is 1. The van der Waals surface area contributed by atoms with Gasteiger partial charge in [-0.3, -0.25) is 0 Å². The van der Waals surface area contributed by atoms with Gasteiger partial charge in [0.1, 0.15) is 0 Å². The van der Waals surface area contributed by atoms with Crippen molar-refractivity contribution < 1.29 is 15.0 Å². The van der Waals surface area contributed by atoms with Crippen LogP contribution < -0.4 is 0 Å². The summed E-state index contributed by atoms with van der Waals surface area (Å²) in [5.41, 5.74) is 3.35. The number of imidazole rings is 1. The van der Waals surface area contributed by atoms with E-state index in [4.69, 9.17) is 0 Å². The van der Waals surface area contributed by atoms with E-state index in [1.54, 1.807) is 18.5 Å². The maximum absolute atomic E-state index is 11.2. The molecule has 108 valence electrons. The number of hydrogen-bond donors (Lipinski definition) is 3. The number of carboxylic acids is 1. The number of carboxylic acid groups (broad SMARTS) is 1. The largest absolute Gasteiger partial charge is 0.478 e. The normalized spacial score (nSPS) is 10.5. The molecule has 3 N–H and O–H groups in total. The standard InChI is InChI=1S/C16H11N3O3/c17-6-11-3-10(16(21)22)4-12(13(11)7-20)9-1-2-14-15(5-9)19-8-18-14/h1-5,8,20H,7H2,(H,18,19)(H,21,22). The molecular weight excluding hydrogens is 282 g/mol. The van der Waals surface area contributed by atoms with Gasteiger partial charge in [0, 0.05) is 5.56 Å². The molecular formula is C16H11N3O3. The van der Waals surface area contributed by atoms with Gasteiger partial charge in [-0.2, -0.15) is 5.26 Å². The first-order valence-electron chi connectivity index (χ1n) is 6.48. The summed E-state index contributed by atoms with van der Waals surface area (Å²) in [5, 5.41) is 28.0. The third kappa shape index (κ3) is 2.20. The summed E-state index contributed by atoms with van der Waals surface area (Å²) in [6, 6.07) is 10.1. The lowest BCUT2D eigenvalue weighted by molar-refractivity contribution is 0.0697. The Hall–Kier alpha value is -3.17. The Morgan fingerprint density at radius 2 is 2.14 bits per heavy atom. The van der Waals surface area contributed by atoms with E-state index in [2.05, 4.69) is 9.97 Å². The number of nitrogens with zero attached hydrogens (tertiary/aromatic N) is 2. The fourth-order valence-electron chi connectivity index (χ4n) is 2.42. The van der Waals surface area contributed by atoms with Crippen LogP contribution in [0.3, 0.4) is 0 Å². The highest BCUT2D eigenvalue weighted by atomic mass is 16.4. The summed E-state index contributed by atoms with van der Waals surface area (Å²) in [6.07, 6.45) is 1.57. The van der Waals surface area contributed by atoms with Gasteiger partial charge in [0.2, 0.25) is 0 Å². The number of aliphatic hydroxyl groups excluding tert-OH is 1. The molecule has 3 aromatic rings. The van der Waals surface area contributed by atoms with Crippen LogP contribution in [0.4, 0.5) is 0 Å². The van der Waals surface area contributed by atoms with Gasteiger partial charge in [-0.1, -0.05) is 6.07 Å². The lowest BCUT2D eigenvalue weighted by atomic mass is 9.93. The average Bonchev–Trinajstić information content (AvgIpc) is 3.00. The van der Waals surface area contributed by atoms with Gasteiger partial charge in [-0.15, -0.1) is 0 Å². The van der Waals surface area contributed by atoms with Gasteiger partial charge >= 0.3 is 5.97 Å².